The number of nitrogens with one attached hydrogen (secondary N) is 1. The van der Waals surface area contributed by atoms with Crippen LogP contribution in [0.5, 0.6) is 0 Å². The maximum atomic E-state index is 3.32. The molecule has 0 unspecified atom stereocenters. The Balaban J connectivity index is 0.000000605. The van der Waals surface area contributed by atoms with E-state index in [1.165, 1.54) is 45.4 Å². The van der Waals surface area contributed by atoms with Crippen LogP contribution >= 0.6 is 12.4 Å². The van der Waals surface area contributed by atoms with Gasteiger partial charge in [-0.1, -0.05) is 6.42 Å². The Morgan fingerprint density at radius 2 is 1.64 bits per heavy atom. The molecule has 0 saturated carbocycles. The lowest BCUT2D eigenvalue weighted by Crippen LogP contribution is -2.58. The molecule has 2 nitrogen and oxygen atoms in total. The van der Waals surface area contributed by atoms with Gasteiger partial charge in [-0.15, -0.1) is 12.4 Å². The lowest BCUT2D eigenvalue weighted by molar-refractivity contribution is 0.121. The summed E-state index contributed by atoms with van der Waals surface area (Å²) < 4.78 is 0. The highest BCUT2D eigenvalue weighted by molar-refractivity contribution is 5.85. The van der Waals surface area contributed by atoms with Gasteiger partial charge in [0.15, 0.2) is 0 Å². The van der Waals surface area contributed by atoms with Gasteiger partial charge < -0.3 is 5.32 Å². The molecule has 0 aromatic heterocycles. The van der Waals surface area contributed by atoms with Crippen LogP contribution in [0.15, 0.2) is 0 Å². The zero-order valence-electron chi connectivity index (χ0n) is 6.88. The molecule has 0 radical (unpaired) electrons. The van der Waals surface area contributed by atoms with Gasteiger partial charge >= 0.3 is 0 Å². The molecule has 1 N–H and O–H groups in total. The van der Waals surface area contributed by atoms with Crippen LogP contribution in [0.25, 0.3) is 0 Å². The van der Waals surface area contributed by atoms with Crippen molar-refractivity contribution >= 4 is 12.4 Å². The average molecular weight is 177 g/mol. The van der Waals surface area contributed by atoms with Crippen molar-refractivity contribution in [1.29, 1.82) is 0 Å². The Kier molecular flexibility index (Phi) is 3.63. The maximum absolute atomic E-state index is 3.32. The SMILES string of the molecule is C1CCN(C2CNC2)CC1.Cl. The summed E-state index contributed by atoms with van der Waals surface area (Å²) in [5.74, 6) is 0. The highest BCUT2D eigenvalue weighted by Crippen LogP contribution is 2.13. The number of piperidine rings is 1. The molecule has 0 aromatic rings. The first-order valence-corrected chi connectivity index (χ1v) is 4.41. The van der Waals surface area contributed by atoms with E-state index in [0.717, 1.165) is 6.04 Å². The lowest BCUT2D eigenvalue weighted by Gasteiger charge is -2.40. The van der Waals surface area contributed by atoms with Gasteiger partial charge in [-0.25, -0.2) is 0 Å². The molecule has 0 bridgehead atoms. The molecule has 2 heterocycles. The Morgan fingerprint density at radius 1 is 1.00 bits per heavy atom. The topological polar surface area (TPSA) is 15.3 Å². The van der Waals surface area contributed by atoms with E-state index in [9.17, 15) is 0 Å². The van der Waals surface area contributed by atoms with Crippen molar-refractivity contribution in [3.05, 3.63) is 0 Å². The van der Waals surface area contributed by atoms with Crippen LogP contribution in [0, 0.1) is 0 Å². The van der Waals surface area contributed by atoms with E-state index in [2.05, 4.69) is 10.2 Å². The van der Waals surface area contributed by atoms with E-state index < -0.39 is 0 Å². The normalized spacial score (nSPS) is 27.3. The smallest absolute Gasteiger partial charge is 0.0345 e. The molecular weight excluding hydrogens is 160 g/mol. The number of nitrogens with zero attached hydrogens (tertiary/aromatic N) is 1. The Hall–Kier alpha value is 0.210. The fraction of sp³-hybridized carbons (Fsp3) is 1.00. The molecule has 2 aliphatic heterocycles. The van der Waals surface area contributed by atoms with Crippen molar-refractivity contribution in [1.82, 2.24) is 10.2 Å². The van der Waals surface area contributed by atoms with Crippen molar-refractivity contribution < 1.29 is 0 Å². The Morgan fingerprint density at radius 3 is 2.09 bits per heavy atom. The largest absolute Gasteiger partial charge is 0.314 e. The number of rotatable bonds is 1. The lowest BCUT2D eigenvalue weighted by atomic mass is 10.1. The van der Waals surface area contributed by atoms with Crippen LogP contribution in [0.4, 0.5) is 0 Å². The molecule has 0 aliphatic carbocycles. The van der Waals surface area contributed by atoms with Crippen molar-refractivity contribution in [3.63, 3.8) is 0 Å². The van der Waals surface area contributed by atoms with Crippen molar-refractivity contribution in [2.24, 2.45) is 0 Å². The maximum Gasteiger partial charge on any atom is 0.0345 e. The van der Waals surface area contributed by atoms with Gasteiger partial charge in [0.05, 0.1) is 0 Å². The highest BCUT2D eigenvalue weighted by Gasteiger charge is 2.24. The second kappa shape index (κ2) is 4.29. The van der Waals surface area contributed by atoms with Crippen LogP contribution in [0.2, 0.25) is 0 Å². The minimum absolute atomic E-state index is 0. The minimum Gasteiger partial charge on any atom is -0.314 e. The van der Waals surface area contributed by atoms with Crippen molar-refractivity contribution in [2.75, 3.05) is 26.2 Å². The average Bonchev–Trinajstić information content (AvgIpc) is 1.86. The third-order valence-electron chi connectivity index (χ3n) is 2.67. The standard InChI is InChI=1S/C8H16N2.ClH/c1-2-4-10(5-3-1)8-6-9-7-8;/h8-9H,1-7H2;1H. The third kappa shape index (κ3) is 2.08. The molecular formula is C8H17ClN2. The molecule has 2 aliphatic rings. The van der Waals surface area contributed by atoms with Crippen molar-refractivity contribution in [2.45, 2.75) is 25.3 Å². The predicted octanol–water partition coefficient (Wildman–Crippen LogP) is 0.866. The van der Waals surface area contributed by atoms with Gasteiger partial charge in [0, 0.05) is 19.1 Å². The van der Waals surface area contributed by atoms with Gasteiger partial charge in [0.2, 0.25) is 0 Å². The van der Waals surface area contributed by atoms with Crippen LogP contribution < -0.4 is 5.32 Å². The summed E-state index contributed by atoms with van der Waals surface area (Å²) in [7, 11) is 0. The van der Waals surface area contributed by atoms with E-state index in [4.69, 9.17) is 0 Å². The zero-order valence-corrected chi connectivity index (χ0v) is 7.70. The number of likely N-dealkylation sites (tertiary alicyclic amines) is 1. The first-order valence-electron chi connectivity index (χ1n) is 4.41. The molecule has 2 rings (SSSR count). The van der Waals surface area contributed by atoms with Crippen LogP contribution in [-0.2, 0) is 0 Å². The first-order chi connectivity index (χ1) is 4.97. The summed E-state index contributed by atoms with van der Waals surface area (Å²) in [5, 5.41) is 3.32. The second-order valence-electron chi connectivity index (χ2n) is 3.41. The van der Waals surface area contributed by atoms with E-state index in [-0.39, 0.29) is 12.4 Å². The summed E-state index contributed by atoms with van der Waals surface area (Å²) in [6, 6.07) is 0.889. The first kappa shape index (κ1) is 9.30. The molecule has 2 saturated heterocycles. The third-order valence-corrected chi connectivity index (χ3v) is 2.67. The highest BCUT2D eigenvalue weighted by atomic mass is 35.5. The van der Waals surface area contributed by atoms with E-state index >= 15 is 0 Å². The van der Waals surface area contributed by atoms with Gasteiger partial charge in [0.25, 0.3) is 0 Å². The molecule has 11 heavy (non-hydrogen) atoms. The molecule has 0 aromatic carbocycles. The number of hydrogen-bond acceptors (Lipinski definition) is 2. The van der Waals surface area contributed by atoms with Gasteiger partial charge in [0.1, 0.15) is 0 Å². The summed E-state index contributed by atoms with van der Waals surface area (Å²) in [6.07, 6.45) is 4.31. The van der Waals surface area contributed by atoms with Crippen LogP contribution in [0.1, 0.15) is 19.3 Å². The summed E-state index contributed by atoms with van der Waals surface area (Å²) >= 11 is 0. The van der Waals surface area contributed by atoms with Gasteiger partial charge in [-0.05, 0) is 25.9 Å². The van der Waals surface area contributed by atoms with Crippen molar-refractivity contribution in [3.8, 4) is 0 Å². The van der Waals surface area contributed by atoms with Crippen LogP contribution in [-0.4, -0.2) is 37.1 Å². The Labute approximate surface area is 74.7 Å². The molecule has 0 spiro atoms. The monoisotopic (exact) mass is 176 g/mol. The molecule has 66 valence electrons. The van der Waals surface area contributed by atoms with Gasteiger partial charge in [-0.2, -0.15) is 0 Å². The zero-order chi connectivity index (χ0) is 6.81. The molecule has 0 atom stereocenters. The predicted molar refractivity (Wildman–Crippen MR) is 49.3 cm³/mol. The molecule has 0 amide bonds. The molecule has 3 heteroatoms. The van der Waals surface area contributed by atoms with E-state index in [0.29, 0.717) is 0 Å². The van der Waals surface area contributed by atoms with Crippen LogP contribution in [0.3, 0.4) is 0 Å². The fourth-order valence-corrected chi connectivity index (χ4v) is 1.82. The van der Waals surface area contributed by atoms with Gasteiger partial charge in [-0.3, -0.25) is 4.90 Å². The second-order valence-corrected chi connectivity index (χ2v) is 3.41. The molecule has 2 fully saturated rings. The summed E-state index contributed by atoms with van der Waals surface area (Å²) in [5.41, 5.74) is 0. The number of hydrogen-bond donors (Lipinski definition) is 1. The Bertz CT molecular complexity index is 109. The quantitative estimate of drug-likeness (QED) is 0.638. The summed E-state index contributed by atoms with van der Waals surface area (Å²) in [6.45, 7) is 5.18. The summed E-state index contributed by atoms with van der Waals surface area (Å²) in [4.78, 5) is 2.64. The number of halogens is 1. The van der Waals surface area contributed by atoms with E-state index in [1.54, 1.807) is 0 Å². The van der Waals surface area contributed by atoms with E-state index in [1.807, 2.05) is 0 Å². The minimum atomic E-state index is 0. The fourth-order valence-electron chi connectivity index (χ4n) is 1.82.